The van der Waals surface area contributed by atoms with E-state index in [0.717, 1.165) is 111 Å². The molecule has 0 spiro atoms. The Balaban J connectivity index is 0.938. The van der Waals surface area contributed by atoms with Crippen molar-refractivity contribution >= 4 is 65.7 Å². The smallest absolute Gasteiger partial charge is 0.235 e. The third-order valence-electron chi connectivity index (χ3n) is 12.2. The van der Waals surface area contributed by atoms with Crippen molar-refractivity contribution in [3.63, 3.8) is 0 Å². The molecule has 0 atom stereocenters. The van der Waals surface area contributed by atoms with Crippen molar-refractivity contribution in [3.05, 3.63) is 206 Å². The van der Waals surface area contributed by atoms with E-state index < -0.39 is 0 Å². The monoisotopic (exact) mass is 806 g/mol. The molecular weight excluding hydrogens is 773 g/mol. The molecule has 7 aromatic carbocycles. The number of para-hydroxylation sites is 2. The molecule has 0 amide bonds. The second-order valence-electron chi connectivity index (χ2n) is 15.9. The fourth-order valence-electron chi connectivity index (χ4n) is 9.28. The molecule has 13 aromatic rings. The molecule has 0 saturated heterocycles. The second-order valence-corrected chi connectivity index (χ2v) is 15.9. The van der Waals surface area contributed by atoms with Gasteiger partial charge >= 0.3 is 0 Å². The fraction of sp³-hybridized carbons (Fsp3) is 0. The summed E-state index contributed by atoms with van der Waals surface area (Å²) in [4.78, 5) is 20.3. The molecule has 0 N–H and O–H groups in total. The van der Waals surface area contributed by atoms with Crippen molar-refractivity contribution in [1.82, 2.24) is 29.1 Å². The Morgan fingerprint density at radius 1 is 0.333 bits per heavy atom. The highest BCUT2D eigenvalue weighted by atomic mass is 16.3. The molecule has 6 aromatic heterocycles. The van der Waals surface area contributed by atoms with Gasteiger partial charge in [0.2, 0.25) is 5.95 Å². The first kappa shape index (κ1) is 35.1. The molecule has 0 unspecified atom stereocenters. The van der Waals surface area contributed by atoms with Crippen LogP contribution >= 0.6 is 0 Å². The summed E-state index contributed by atoms with van der Waals surface area (Å²) in [5.74, 6) is 1.48. The maximum Gasteiger partial charge on any atom is 0.235 e. The highest BCUT2D eigenvalue weighted by molar-refractivity contribution is 6.12. The van der Waals surface area contributed by atoms with Gasteiger partial charge < -0.3 is 4.42 Å². The van der Waals surface area contributed by atoms with Gasteiger partial charge in [-0.2, -0.15) is 0 Å². The van der Waals surface area contributed by atoms with Crippen LogP contribution in [0, 0.1) is 0 Å². The Labute approximate surface area is 360 Å². The lowest BCUT2D eigenvalue weighted by Gasteiger charge is -2.12. The van der Waals surface area contributed by atoms with Crippen LogP contribution in [0.3, 0.4) is 0 Å². The summed E-state index contributed by atoms with van der Waals surface area (Å²) >= 11 is 0. The lowest BCUT2D eigenvalue weighted by atomic mass is 10.0. The largest absolute Gasteiger partial charge is 0.454 e. The number of pyridine rings is 2. The van der Waals surface area contributed by atoms with E-state index in [-0.39, 0.29) is 0 Å². The van der Waals surface area contributed by atoms with Gasteiger partial charge in [-0.25, -0.2) is 15.0 Å². The maximum absolute atomic E-state index is 6.07. The Morgan fingerprint density at radius 3 is 1.59 bits per heavy atom. The Hall–Kier alpha value is -8.68. The molecule has 7 heteroatoms. The first-order valence-corrected chi connectivity index (χ1v) is 21.0. The molecule has 6 heterocycles. The number of nitrogens with zero attached hydrogens (tertiary/aromatic N) is 6. The number of furan rings is 1. The summed E-state index contributed by atoms with van der Waals surface area (Å²) in [7, 11) is 0. The number of aromatic nitrogens is 6. The van der Waals surface area contributed by atoms with E-state index >= 15 is 0 Å². The molecule has 294 valence electrons. The van der Waals surface area contributed by atoms with E-state index in [4.69, 9.17) is 19.4 Å². The molecule has 0 aliphatic heterocycles. The number of hydrogen-bond acceptors (Lipinski definition) is 5. The van der Waals surface area contributed by atoms with Gasteiger partial charge in [0.15, 0.2) is 5.58 Å². The molecule has 0 saturated carbocycles. The molecule has 0 aliphatic rings. The molecule has 13 rings (SSSR count). The predicted molar refractivity (Wildman–Crippen MR) is 255 cm³/mol. The van der Waals surface area contributed by atoms with Gasteiger partial charge in [0.05, 0.1) is 39.1 Å². The Bertz CT molecular complexity index is 3860. The van der Waals surface area contributed by atoms with Gasteiger partial charge in [-0.3, -0.25) is 14.1 Å². The van der Waals surface area contributed by atoms with Crippen molar-refractivity contribution in [2.45, 2.75) is 0 Å². The zero-order chi connectivity index (χ0) is 41.4. The average molecular weight is 807 g/mol. The minimum Gasteiger partial charge on any atom is -0.454 e. The number of benzene rings is 7. The minimum absolute atomic E-state index is 0.633. The van der Waals surface area contributed by atoms with E-state index in [1.54, 1.807) is 6.20 Å². The van der Waals surface area contributed by atoms with Gasteiger partial charge in [0.25, 0.3) is 0 Å². The highest BCUT2D eigenvalue weighted by Gasteiger charge is 2.19. The van der Waals surface area contributed by atoms with Crippen molar-refractivity contribution in [3.8, 4) is 56.7 Å². The third-order valence-corrected chi connectivity index (χ3v) is 12.2. The van der Waals surface area contributed by atoms with Crippen molar-refractivity contribution < 1.29 is 4.42 Å². The van der Waals surface area contributed by atoms with E-state index in [0.29, 0.717) is 5.95 Å². The Morgan fingerprint density at radius 2 is 0.905 bits per heavy atom. The van der Waals surface area contributed by atoms with Crippen molar-refractivity contribution in [2.75, 3.05) is 0 Å². The van der Waals surface area contributed by atoms with Crippen LogP contribution in [-0.2, 0) is 0 Å². The highest BCUT2D eigenvalue weighted by Crippen LogP contribution is 2.39. The van der Waals surface area contributed by atoms with Gasteiger partial charge in [-0.1, -0.05) is 115 Å². The maximum atomic E-state index is 6.07. The van der Waals surface area contributed by atoms with Gasteiger partial charge in [0.1, 0.15) is 16.9 Å². The zero-order valence-electron chi connectivity index (χ0n) is 33.7. The van der Waals surface area contributed by atoms with Crippen LogP contribution in [0.2, 0.25) is 0 Å². The minimum atomic E-state index is 0.633. The lowest BCUT2D eigenvalue weighted by Crippen LogP contribution is -2.03. The summed E-state index contributed by atoms with van der Waals surface area (Å²) in [5, 5.41) is 5.59. The fourth-order valence-corrected chi connectivity index (χ4v) is 9.28. The van der Waals surface area contributed by atoms with E-state index in [1.165, 1.54) is 5.39 Å². The van der Waals surface area contributed by atoms with Crippen LogP contribution in [0.15, 0.2) is 211 Å². The predicted octanol–water partition coefficient (Wildman–Crippen LogP) is 14.0. The third kappa shape index (κ3) is 5.67. The normalized spacial score (nSPS) is 11.8. The molecule has 0 aliphatic carbocycles. The quantitative estimate of drug-likeness (QED) is 0.167. The SMILES string of the molecule is c1ccc(-c2cc(-c3ccccc3)nc(-n3c4ccccc4c4cc(-c5ccc6c(c5)c5ccccc5n6-c5cccc(-c6ccc7oc8cccnc8c7c6)n5)ccc43)n2)cc1. The van der Waals surface area contributed by atoms with Crippen LogP contribution in [0.1, 0.15) is 0 Å². The Kier molecular flexibility index (Phi) is 7.77. The molecule has 0 bridgehead atoms. The molecule has 63 heavy (non-hydrogen) atoms. The van der Waals surface area contributed by atoms with E-state index in [9.17, 15) is 0 Å². The summed E-state index contributed by atoms with van der Waals surface area (Å²) in [6.45, 7) is 0. The van der Waals surface area contributed by atoms with Crippen molar-refractivity contribution in [1.29, 1.82) is 0 Å². The zero-order valence-corrected chi connectivity index (χ0v) is 33.7. The summed E-state index contributed by atoms with van der Waals surface area (Å²) in [6.07, 6.45) is 1.80. The standard InChI is InChI=1S/C56H34N6O/c1-3-13-35(14-4-1)46-34-47(36-15-5-2-6-16-36)60-56(59-46)62-49-21-10-8-18-41(49)43-32-38(25-28-51(43)62)37-24-27-50-42(31-37)40-17-7-9-20-48(40)61(50)54-23-11-19-45(58-54)39-26-29-52-44(33-39)55-53(63-52)22-12-30-57-55/h1-34H. The van der Waals surface area contributed by atoms with Crippen LogP contribution in [0.25, 0.3) is 122 Å². The van der Waals surface area contributed by atoms with Gasteiger partial charge in [-0.05, 0) is 96.1 Å². The molecule has 0 radical (unpaired) electrons. The lowest BCUT2D eigenvalue weighted by molar-refractivity contribution is 0.668. The van der Waals surface area contributed by atoms with Gasteiger partial charge in [-0.15, -0.1) is 0 Å². The summed E-state index contributed by atoms with van der Waals surface area (Å²) in [6, 6.07) is 69.7. The average Bonchev–Trinajstić information content (AvgIpc) is 4.01. The number of hydrogen-bond donors (Lipinski definition) is 0. The van der Waals surface area contributed by atoms with Crippen LogP contribution in [0.5, 0.6) is 0 Å². The number of rotatable bonds is 6. The first-order valence-electron chi connectivity index (χ1n) is 21.0. The molecule has 7 nitrogen and oxygen atoms in total. The summed E-state index contributed by atoms with van der Waals surface area (Å²) in [5.41, 5.74) is 14.7. The first-order chi connectivity index (χ1) is 31.2. The summed E-state index contributed by atoms with van der Waals surface area (Å²) < 4.78 is 10.5. The second kappa shape index (κ2) is 13.9. The van der Waals surface area contributed by atoms with Crippen LogP contribution in [0.4, 0.5) is 0 Å². The molecule has 0 fully saturated rings. The van der Waals surface area contributed by atoms with E-state index in [2.05, 4.69) is 184 Å². The number of fused-ring (bicyclic) bond motifs is 9. The van der Waals surface area contributed by atoms with Gasteiger partial charge in [0, 0.05) is 49.8 Å². The van der Waals surface area contributed by atoms with Crippen molar-refractivity contribution in [2.24, 2.45) is 0 Å². The van der Waals surface area contributed by atoms with E-state index in [1.807, 2.05) is 30.3 Å². The topological polar surface area (TPSA) is 74.6 Å². The van der Waals surface area contributed by atoms with Crippen LogP contribution < -0.4 is 0 Å². The van der Waals surface area contributed by atoms with Crippen LogP contribution in [-0.4, -0.2) is 29.1 Å². The molecular formula is C56H34N6O.